The van der Waals surface area contributed by atoms with Crippen molar-refractivity contribution in [2.75, 3.05) is 13.1 Å². The highest BCUT2D eigenvalue weighted by Gasteiger charge is 2.26. The van der Waals surface area contributed by atoms with Crippen LogP contribution < -0.4 is 5.32 Å². The quantitative estimate of drug-likeness (QED) is 0.364. The largest absolute Gasteiger partial charge is 0.356 e. The predicted octanol–water partition coefficient (Wildman–Crippen LogP) is 1.83. The highest BCUT2D eigenvalue weighted by molar-refractivity contribution is 5.80. The van der Waals surface area contributed by atoms with Crippen molar-refractivity contribution in [3.63, 3.8) is 0 Å². The van der Waals surface area contributed by atoms with E-state index in [9.17, 15) is 4.79 Å². The molecule has 0 fully saturated rings. The fourth-order valence-corrected chi connectivity index (χ4v) is 2.16. The normalized spacial score (nSPS) is 13.9. The van der Waals surface area contributed by atoms with Gasteiger partial charge in [0.1, 0.15) is 0 Å². The summed E-state index contributed by atoms with van der Waals surface area (Å²) in [6.07, 6.45) is 1.62. The molecular weight excluding hydrogens is 216 g/mol. The number of hydrogen-bond donors (Lipinski definition) is 1. The van der Waals surface area contributed by atoms with Gasteiger partial charge in [0.25, 0.3) is 0 Å². The van der Waals surface area contributed by atoms with Crippen LogP contribution in [0.5, 0.6) is 0 Å². The lowest BCUT2D eigenvalue weighted by molar-refractivity contribution is -0.124. The minimum Gasteiger partial charge on any atom is -0.356 e. The minimum atomic E-state index is 0.0264. The van der Waals surface area contributed by atoms with E-state index in [2.05, 4.69) is 27.5 Å². The second-order valence-corrected chi connectivity index (χ2v) is 4.12. The van der Waals surface area contributed by atoms with E-state index in [4.69, 9.17) is 5.53 Å². The van der Waals surface area contributed by atoms with E-state index in [0.717, 1.165) is 12.8 Å². The average molecular weight is 230 g/mol. The first-order valence-electron chi connectivity index (χ1n) is 5.66. The molecule has 0 radical (unpaired) electrons. The highest BCUT2D eigenvalue weighted by Crippen LogP contribution is 2.26. The van der Waals surface area contributed by atoms with Crippen molar-refractivity contribution in [3.05, 3.63) is 45.8 Å². The van der Waals surface area contributed by atoms with Crippen molar-refractivity contribution in [2.24, 2.45) is 11.0 Å². The van der Waals surface area contributed by atoms with Crippen LogP contribution in [0.2, 0.25) is 0 Å². The maximum absolute atomic E-state index is 11.8. The van der Waals surface area contributed by atoms with Gasteiger partial charge >= 0.3 is 0 Å². The van der Waals surface area contributed by atoms with Crippen LogP contribution in [-0.2, 0) is 17.6 Å². The summed E-state index contributed by atoms with van der Waals surface area (Å²) in [6, 6.07) is 8.15. The fraction of sp³-hybridized carbons (Fsp3) is 0.417. The van der Waals surface area contributed by atoms with Gasteiger partial charge in [-0.25, -0.2) is 0 Å². The van der Waals surface area contributed by atoms with E-state index in [-0.39, 0.29) is 11.8 Å². The van der Waals surface area contributed by atoms with E-state index in [0.29, 0.717) is 13.1 Å². The molecular formula is C12H14N4O. The number of hydrogen-bond acceptors (Lipinski definition) is 2. The molecule has 1 amide bonds. The van der Waals surface area contributed by atoms with Gasteiger partial charge in [0.2, 0.25) is 5.91 Å². The molecule has 0 saturated carbocycles. The maximum Gasteiger partial charge on any atom is 0.223 e. The number of azide groups is 1. The van der Waals surface area contributed by atoms with Crippen molar-refractivity contribution in [2.45, 2.75) is 12.8 Å². The first-order valence-corrected chi connectivity index (χ1v) is 5.66. The molecule has 0 saturated heterocycles. The predicted molar refractivity (Wildman–Crippen MR) is 64.4 cm³/mol. The molecule has 0 aliphatic heterocycles. The molecule has 0 unspecified atom stereocenters. The molecule has 1 aliphatic rings. The third kappa shape index (κ3) is 2.77. The summed E-state index contributed by atoms with van der Waals surface area (Å²) in [7, 11) is 0. The molecule has 1 aliphatic carbocycles. The second kappa shape index (κ2) is 5.37. The Hall–Kier alpha value is -2.00. The van der Waals surface area contributed by atoms with Crippen LogP contribution in [0.4, 0.5) is 0 Å². The van der Waals surface area contributed by atoms with Crippen LogP contribution in [0.1, 0.15) is 11.1 Å². The molecule has 0 bridgehead atoms. The van der Waals surface area contributed by atoms with Crippen molar-refractivity contribution in [3.8, 4) is 0 Å². The van der Waals surface area contributed by atoms with Gasteiger partial charge < -0.3 is 5.32 Å². The van der Waals surface area contributed by atoms with Crippen LogP contribution in [-0.4, -0.2) is 19.0 Å². The molecule has 0 atom stereocenters. The molecule has 1 N–H and O–H groups in total. The summed E-state index contributed by atoms with van der Waals surface area (Å²) >= 11 is 0. The standard InChI is InChI=1S/C12H14N4O/c13-16-15-6-5-14-12(17)11-7-9-3-1-2-4-10(9)8-11/h1-4,11H,5-8H2,(H,14,17). The Morgan fingerprint density at radius 2 is 2.06 bits per heavy atom. The van der Waals surface area contributed by atoms with Gasteiger partial charge in [0.05, 0.1) is 0 Å². The smallest absolute Gasteiger partial charge is 0.223 e. The number of carbonyl (C=O) groups excluding carboxylic acids is 1. The summed E-state index contributed by atoms with van der Waals surface area (Å²) < 4.78 is 0. The van der Waals surface area contributed by atoms with Gasteiger partial charge in [-0.3, -0.25) is 4.79 Å². The van der Waals surface area contributed by atoms with Crippen molar-refractivity contribution in [1.82, 2.24) is 5.32 Å². The monoisotopic (exact) mass is 230 g/mol. The Balaban J connectivity index is 1.85. The highest BCUT2D eigenvalue weighted by atomic mass is 16.1. The molecule has 88 valence electrons. The van der Waals surface area contributed by atoms with Gasteiger partial charge in [0.15, 0.2) is 0 Å². The van der Waals surface area contributed by atoms with E-state index in [1.54, 1.807) is 0 Å². The Morgan fingerprint density at radius 3 is 2.65 bits per heavy atom. The Labute approximate surface area is 99.5 Å². The lowest BCUT2D eigenvalue weighted by atomic mass is 10.1. The summed E-state index contributed by atoms with van der Waals surface area (Å²) in [4.78, 5) is 14.5. The molecule has 0 heterocycles. The first kappa shape index (κ1) is 11.5. The van der Waals surface area contributed by atoms with Crippen molar-refractivity contribution >= 4 is 5.91 Å². The third-order valence-corrected chi connectivity index (χ3v) is 3.00. The van der Waals surface area contributed by atoms with Crippen LogP contribution in [0.3, 0.4) is 0 Å². The molecule has 5 nitrogen and oxygen atoms in total. The van der Waals surface area contributed by atoms with Crippen LogP contribution in [0, 0.1) is 5.92 Å². The number of rotatable bonds is 4. The zero-order chi connectivity index (χ0) is 12.1. The van der Waals surface area contributed by atoms with E-state index >= 15 is 0 Å². The topological polar surface area (TPSA) is 77.9 Å². The molecule has 0 aromatic heterocycles. The molecule has 5 heteroatoms. The molecule has 1 aromatic rings. The summed E-state index contributed by atoms with van der Waals surface area (Å²) in [5.41, 5.74) is 10.6. The van der Waals surface area contributed by atoms with E-state index in [1.807, 2.05) is 12.1 Å². The van der Waals surface area contributed by atoms with Crippen molar-refractivity contribution in [1.29, 1.82) is 0 Å². The SMILES string of the molecule is [N-]=[N+]=NCCNC(=O)C1Cc2ccccc2C1. The molecule has 2 rings (SSSR count). The minimum absolute atomic E-state index is 0.0264. The van der Waals surface area contributed by atoms with Crippen LogP contribution in [0.25, 0.3) is 10.4 Å². The lowest BCUT2D eigenvalue weighted by Gasteiger charge is -2.08. The average Bonchev–Trinajstić information content (AvgIpc) is 2.78. The van der Waals surface area contributed by atoms with Gasteiger partial charge in [0, 0.05) is 23.9 Å². The molecule has 17 heavy (non-hydrogen) atoms. The van der Waals surface area contributed by atoms with Crippen LogP contribution in [0.15, 0.2) is 29.4 Å². The van der Waals surface area contributed by atoms with Gasteiger partial charge in [-0.15, -0.1) is 0 Å². The third-order valence-electron chi connectivity index (χ3n) is 3.00. The number of nitrogens with zero attached hydrogens (tertiary/aromatic N) is 3. The summed E-state index contributed by atoms with van der Waals surface area (Å²) in [5.74, 6) is 0.0767. The first-order chi connectivity index (χ1) is 8.31. The van der Waals surface area contributed by atoms with Gasteiger partial charge in [-0.05, 0) is 29.5 Å². The lowest BCUT2D eigenvalue weighted by Crippen LogP contribution is -2.32. The number of carbonyl (C=O) groups is 1. The van der Waals surface area contributed by atoms with Gasteiger partial charge in [-0.2, -0.15) is 0 Å². The Morgan fingerprint density at radius 1 is 1.41 bits per heavy atom. The number of amides is 1. The van der Waals surface area contributed by atoms with Crippen LogP contribution >= 0.6 is 0 Å². The number of fused-ring (bicyclic) bond motifs is 1. The summed E-state index contributed by atoms with van der Waals surface area (Å²) in [5, 5.41) is 6.17. The fourth-order valence-electron chi connectivity index (χ4n) is 2.16. The van der Waals surface area contributed by atoms with Gasteiger partial charge in [-0.1, -0.05) is 29.4 Å². The summed E-state index contributed by atoms with van der Waals surface area (Å²) in [6.45, 7) is 0.720. The van der Waals surface area contributed by atoms with E-state index < -0.39 is 0 Å². The van der Waals surface area contributed by atoms with Crippen molar-refractivity contribution < 1.29 is 4.79 Å². The van der Waals surface area contributed by atoms with E-state index in [1.165, 1.54) is 11.1 Å². The number of nitrogens with one attached hydrogen (secondary N) is 1. The Bertz CT molecular complexity index is 440. The maximum atomic E-state index is 11.8. The molecule has 1 aromatic carbocycles. The molecule has 0 spiro atoms. The number of benzene rings is 1. The Kier molecular flexibility index (Phi) is 3.62. The zero-order valence-corrected chi connectivity index (χ0v) is 9.47. The zero-order valence-electron chi connectivity index (χ0n) is 9.47. The second-order valence-electron chi connectivity index (χ2n) is 4.12.